The first-order valence-corrected chi connectivity index (χ1v) is 3.55. The molecule has 1 unspecified atom stereocenters. The molecule has 0 radical (unpaired) electrons. The van der Waals surface area contributed by atoms with Crippen LogP contribution in [-0.2, 0) is 0 Å². The first-order chi connectivity index (χ1) is 5.75. The van der Waals surface area contributed by atoms with Crippen molar-refractivity contribution in [3.8, 4) is 0 Å². The fraction of sp³-hybridized carbons (Fsp3) is 0.250. The number of nitrogens with two attached hydrogens (primary N) is 1. The Morgan fingerprint density at radius 2 is 1.75 bits per heavy atom. The van der Waals surface area contributed by atoms with Gasteiger partial charge in [0.15, 0.2) is 0 Å². The lowest BCUT2D eigenvalue weighted by molar-refractivity contribution is 0.0986. The van der Waals surface area contributed by atoms with Crippen LogP contribution in [0.5, 0.6) is 0 Å². The fourth-order valence-electron chi connectivity index (χ4n) is 0.975. The van der Waals surface area contributed by atoms with Crippen molar-refractivity contribution in [3.63, 3.8) is 0 Å². The molecular weight excluding hydrogens is 162 g/mol. The molecule has 1 rings (SSSR count). The standard InChI is InChI=1S/C8H10F2N2/c9-8(10)7(12-11)6-4-2-1-3-5-6/h1-5,7-8,12H,11H2. The van der Waals surface area contributed by atoms with Crippen molar-refractivity contribution in [2.45, 2.75) is 12.5 Å². The van der Waals surface area contributed by atoms with Gasteiger partial charge in [-0.3, -0.25) is 5.84 Å². The Bertz CT molecular complexity index is 226. The summed E-state index contributed by atoms with van der Waals surface area (Å²) in [6.45, 7) is 0. The van der Waals surface area contributed by atoms with Gasteiger partial charge in [-0.1, -0.05) is 30.3 Å². The smallest absolute Gasteiger partial charge is 0.259 e. The molecule has 12 heavy (non-hydrogen) atoms. The largest absolute Gasteiger partial charge is 0.271 e. The second kappa shape index (κ2) is 4.13. The lowest BCUT2D eigenvalue weighted by atomic mass is 10.1. The van der Waals surface area contributed by atoms with E-state index >= 15 is 0 Å². The number of halogens is 2. The Kier molecular flexibility index (Phi) is 3.13. The predicted octanol–water partition coefficient (Wildman–Crippen LogP) is 1.46. The highest BCUT2D eigenvalue weighted by Gasteiger charge is 2.19. The maximum atomic E-state index is 12.2. The number of benzene rings is 1. The molecule has 0 aliphatic heterocycles. The van der Waals surface area contributed by atoms with Gasteiger partial charge in [0.05, 0.1) is 0 Å². The molecule has 4 heteroatoms. The SMILES string of the molecule is NNC(c1ccccc1)C(F)F. The third kappa shape index (κ3) is 1.99. The summed E-state index contributed by atoms with van der Waals surface area (Å²) in [5, 5.41) is 0. The van der Waals surface area contributed by atoms with Crippen LogP contribution in [0.3, 0.4) is 0 Å². The molecule has 0 spiro atoms. The second-order valence-electron chi connectivity index (χ2n) is 2.39. The van der Waals surface area contributed by atoms with Gasteiger partial charge in [-0.25, -0.2) is 14.2 Å². The van der Waals surface area contributed by atoms with Crippen LogP contribution in [0.15, 0.2) is 30.3 Å². The first kappa shape index (κ1) is 9.09. The number of hydrogen-bond acceptors (Lipinski definition) is 2. The van der Waals surface area contributed by atoms with Gasteiger partial charge in [0.2, 0.25) is 0 Å². The molecule has 0 saturated carbocycles. The van der Waals surface area contributed by atoms with Crippen molar-refractivity contribution in [2.24, 2.45) is 5.84 Å². The number of nitrogens with one attached hydrogen (secondary N) is 1. The summed E-state index contributed by atoms with van der Waals surface area (Å²) >= 11 is 0. The third-order valence-electron chi connectivity index (χ3n) is 1.59. The van der Waals surface area contributed by atoms with Gasteiger partial charge < -0.3 is 0 Å². The van der Waals surface area contributed by atoms with E-state index in [0.717, 1.165) is 0 Å². The summed E-state index contributed by atoms with van der Waals surface area (Å²) in [7, 11) is 0. The van der Waals surface area contributed by atoms with E-state index < -0.39 is 12.5 Å². The molecule has 3 N–H and O–H groups in total. The van der Waals surface area contributed by atoms with Gasteiger partial charge in [-0.05, 0) is 5.56 Å². The number of rotatable bonds is 3. The van der Waals surface area contributed by atoms with Crippen LogP contribution in [0.1, 0.15) is 11.6 Å². The van der Waals surface area contributed by atoms with Gasteiger partial charge in [0.25, 0.3) is 6.43 Å². The Balaban J connectivity index is 2.80. The lowest BCUT2D eigenvalue weighted by Gasteiger charge is -2.14. The summed E-state index contributed by atoms with van der Waals surface area (Å²) in [6.07, 6.45) is -2.49. The fourth-order valence-corrected chi connectivity index (χ4v) is 0.975. The quantitative estimate of drug-likeness (QED) is 0.535. The van der Waals surface area contributed by atoms with Gasteiger partial charge in [0, 0.05) is 0 Å². The van der Waals surface area contributed by atoms with Crippen molar-refractivity contribution >= 4 is 0 Å². The van der Waals surface area contributed by atoms with Crippen molar-refractivity contribution < 1.29 is 8.78 Å². The molecule has 0 aliphatic rings. The molecule has 0 aliphatic carbocycles. The monoisotopic (exact) mass is 172 g/mol. The van der Waals surface area contributed by atoms with Crippen LogP contribution < -0.4 is 11.3 Å². The van der Waals surface area contributed by atoms with Crippen molar-refractivity contribution in [2.75, 3.05) is 0 Å². The van der Waals surface area contributed by atoms with Crippen LogP contribution in [0, 0.1) is 0 Å². The van der Waals surface area contributed by atoms with Crippen molar-refractivity contribution in [1.29, 1.82) is 0 Å². The summed E-state index contributed by atoms with van der Waals surface area (Å²) in [5.74, 6) is 4.98. The van der Waals surface area contributed by atoms with E-state index in [0.29, 0.717) is 5.56 Å². The van der Waals surface area contributed by atoms with Crippen LogP contribution in [0.2, 0.25) is 0 Å². The second-order valence-corrected chi connectivity index (χ2v) is 2.39. The third-order valence-corrected chi connectivity index (χ3v) is 1.59. The first-order valence-electron chi connectivity index (χ1n) is 3.55. The molecular formula is C8H10F2N2. The summed E-state index contributed by atoms with van der Waals surface area (Å²) in [5.41, 5.74) is 2.56. The molecule has 0 heterocycles. The lowest BCUT2D eigenvalue weighted by Crippen LogP contribution is -2.32. The normalized spacial score (nSPS) is 13.3. The Morgan fingerprint density at radius 1 is 1.17 bits per heavy atom. The maximum absolute atomic E-state index is 12.2. The maximum Gasteiger partial charge on any atom is 0.259 e. The molecule has 1 atom stereocenters. The zero-order valence-corrected chi connectivity index (χ0v) is 6.37. The van der Waals surface area contributed by atoms with E-state index in [1.54, 1.807) is 30.3 Å². The van der Waals surface area contributed by atoms with Crippen LogP contribution in [-0.4, -0.2) is 6.43 Å². The molecule has 2 nitrogen and oxygen atoms in total. The van der Waals surface area contributed by atoms with Crippen molar-refractivity contribution in [3.05, 3.63) is 35.9 Å². The van der Waals surface area contributed by atoms with Crippen LogP contribution in [0.25, 0.3) is 0 Å². The van der Waals surface area contributed by atoms with E-state index in [1.165, 1.54) is 0 Å². The highest BCUT2D eigenvalue weighted by Crippen LogP contribution is 2.18. The Hall–Kier alpha value is -1.00. The molecule has 1 aromatic carbocycles. The summed E-state index contributed by atoms with van der Waals surface area (Å²) in [6, 6.07) is 7.30. The molecule has 66 valence electrons. The van der Waals surface area contributed by atoms with Gasteiger partial charge in [-0.2, -0.15) is 0 Å². The summed E-state index contributed by atoms with van der Waals surface area (Å²) < 4.78 is 24.5. The minimum atomic E-state index is -2.49. The zero-order valence-electron chi connectivity index (χ0n) is 6.37. The average molecular weight is 172 g/mol. The number of alkyl halides is 2. The predicted molar refractivity (Wildman–Crippen MR) is 42.5 cm³/mol. The topological polar surface area (TPSA) is 38.0 Å². The Labute approximate surface area is 69.4 Å². The van der Waals surface area contributed by atoms with E-state index in [9.17, 15) is 8.78 Å². The van der Waals surface area contributed by atoms with Crippen molar-refractivity contribution in [1.82, 2.24) is 5.43 Å². The summed E-state index contributed by atoms with van der Waals surface area (Å²) in [4.78, 5) is 0. The molecule has 0 aromatic heterocycles. The van der Waals surface area contributed by atoms with Gasteiger partial charge in [0.1, 0.15) is 6.04 Å². The van der Waals surface area contributed by atoms with Gasteiger partial charge in [-0.15, -0.1) is 0 Å². The van der Waals surface area contributed by atoms with E-state index in [4.69, 9.17) is 5.84 Å². The van der Waals surface area contributed by atoms with E-state index in [2.05, 4.69) is 5.43 Å². The van der Waals surface area contributed by atoms with Crippen LogP contribution in [0.4, 0.5) is 8.78 Å². The van der Waals surface area contributed by atoms with E-state index in [1.807, 2.05) is 0 Å². The molecule has 0 amide bonds. The minimum absolute atomic E-state index is 0.495. The molecule has 1 aromatic rings. The van der Waals surface area contributed by atoms with Gasteiger partial charge >= 0.3 is 0 Å². The molecule has 0 bridgehead atoms. The van der Waals surface area contributed by atoms with Crippen LogP contribution >= 0.6 is 0 Å². The number of hydrazine groups is 1. The number of hydrogen-bond donors (Lipinski definition) is 2. The zero-order chi connectivity index (χ0) is 8.97. The Morgan fingerprint density at radius 3 is 2.17 bits per heavy atom. The molecule has 0 fully saturated rings. The highest BCUT2D eigenvalue weighted by atomic mass is 19.3. The average Bonchev–Trinajstić information content (AvgIpc) is 2.07. The minimum Gasteiger partial charge on any atom is -0.271 e. The molecule has 0 saturated heterocycles. The highest BCUT2D eigenvalue weighted by molar-refractivity contribution is 5.19. The van der Waals surface area contributed by atoms with E-state index in [-0.39, 0.29) is 0 Å².